The molecule has 0 unspecified atom stereocenters. The molecule has 19 heavy (non-hydrogen) atoms. The number of hydrogen-bond donors (Lipinski definition) is 3. The van der Waals surface area contributed by atoms with Crippen LogP contribution in [-0.4, -0.2) is 48.4 Å². The van der Waals surface area contributed by atoms with Crippen LogP contribution in [0.5, 0.6) is 0 Å². The van der Waals surface area contributed by atoms with E-state index in [0.717, 1.165) is 36.8 Å². The molecule has 8 nitrogen and oxygen atoms in total. The van der Waals surface area contributed by atoms with Gasteiger partial charge in [0.15, 0.2) is 0 Å². The van der Waals surface area contributed by atoms with Crippen molar-refractivity contribution < 1.29 is 18.3 Å². The zero-order chi connectivity index (χ0) is 13.9. The Bertz CT molecular complexity index is 548. The van der Waals surface area contributed by atoms with Gasteiger partial charge in [0.25, 0.3) is 0 Å². The van der Waals surface area contributed by atoms with Crippen LogP contribution in [0.4, 0.5) is 0 Å². The first-order chi connectivity index (χ1) is 8.97. The second kappa shape index (κ2) is 5.68. The van der Waals surface area contributed by atoms with Crippen LogP contribution in [0, 0.1) is 0 Å². The van der Waals surface area contributed by atoms with Crippen LogP contribution < -0.4 is 10.0 Å². The van der Waals surface area contributed by atoms with Crippen LogP contribution in [0.2, 0.25) is 0 Å². The highest BCUT2D eigenvalue weighted by Crippen LogP contribution is 2.11. The van der Waals surface area contributed by atoms with E-state index in [1.54, 1.807) is 0 Å². The number of rotatable bonds is 5. The topological polar surface area (TPSA) is 113 Å². The summed E-state index contributed by atoms with van der Waals surface area (Å²) in [5.74, 6) is -1.07. The van der Waals surface area contributed by atoms with Gasteiger partial charge in [-0.05, 0) is 25.9 Å². The molecule has 0 aliphatic carbocycles. The lowest BCUT2D eigenvalue weighted by atomic mass is 10.1. The number of hydrogen-bond acceptors (Lipinski definition) is 5. The Morgan fingerprint density at radius 2 is 2.21 bits per heavy atom. The Morgan fingerprint density at radius 3 is 2.84 bits per heavy atom. The van der Waals surface area contributed by atoms with E-state index in [-0.39, 0.29) is 17.5 Å². The zero-order valence-electron chi connectivity index (χ0n) is 10.2. The van der Waals surface area contributed by atoms with Gasteiger partial charge in [-0.1, -0.05) is 0 Å². The third-order valence-electron chi connectivity index (χ3n) is 2.88. The molecule has 0 amide bonds. The summed E-state index contributed by atoms with van der Waals surface area (Å²) in [6.45, 7) is 1.21. The zero-order valence-corrected chi connectivity index (χ0v) is 11.1. The van der Waals surface area contributed by atoms with Crippen molar-refractivity contribution in [1.82, 2.24) is 19.8 Å². The Kier molecular flexibility index (Phi) is 4.17. The first-order valence-electron chi connectivity index (χ1n) is 5.95. The maximum atomic E-state index is 12.1. The van der Waals surface area contributed by atoms with Crippen molar-refractivity contribution in [3.63, 3.8) is 0 Å². The van der Waals surface area contributed by atoms with Gasteiger partial charge in [-0.25, -0.2) is 13.1 Å². The molecule has 1 aliphatic heterocycles. The van der Waals surface area contributed by atoms with E-state index in [2.05, 4.69) is 15.1 Å². The molecule has 0 radical (unpaired) electrons. The van der Waals surface area contributed by atoms with Crippen molar-refractivity contribution >= 4 is 16.0 Å². The number of carboxylic acids is 1. The summed E-state index contributed by atoms with van der Waals surface area (Å²) in [5, 5.41) is 15.5. The van der Waals surface area contributed by atoms with Crippen molar-refractivity contribution in [1.29, 1.82) is 0 Å². The first-order valence-corrected chi connectivity index (χ1v) is 7.43. The number of sulfonamides is 1. The van der Waals surface area contributed by atoms with Crippen LogP contribution in [0.15, 0.2) is 17.3 Å². The van der Waals surface area contributed by atoms with Crippen LogP contribution in [0.1, 0.15) is 12.8 Å². The summed E-state index contributed by atoms with van der Waals surface area (Å²) >= 11 is 0. The molecular formula is C10H16N4O4S. The third-order valence-corrected chi connectivity index (χ3v) is 4.35. The third kappa shape index (κ3) is 3.75. The predicted octanol–water partition coefficient (Wildman–Crippen LogP) is -1.00. The molecule has 2 rings (SSSR count). The highest BCUT2D eigenvalue weighted by molar-refractivity contribution is 7.89. The summed E-state index contributed by atoms with van der Waals surface area (Å²) in [7, 11) is -3.63. The lowest BCUT2D eigenvalue weighted by Gasteiger charge is -2.23. The Balaban J connectivity index is 2.06. The summed E-state index contributed by atoms with van der Waals surface area (Å²) < 4.78 is 27.8. The molecular weight excluding hydrogens is 272 g/mol. The predicted molar refractivity (Wildman–Crippen MR) is 66.1 cm³/mol. The number of nitrogens with zero attached hydrogens (tertiary/aromatic N) is 2. The van der Waals surface area contributed by atoms with Gasteiger partial charge in [-0.3, -0.25) is 9.48 Å². The maximum absolute atomic E-state index is 12.1. The standard InChI is InChI=1S/C10H16N4O4S/c15-10(16)7-14-6-9(5-12-14)19(17,18)13-8-1-3-11-4-2-8/h5-6,8,11,13H,1-4,7H2,(H,15,16). The normalized spacial score (nSPS) is 17.5. The summed E-state index contributed by atoms with van der Waals surface area (Å²) in [6, 6.07) is -0.0888. The van der Waals surface area contributed by atoms with Gasteiger partial charge in [0.1, 0.15) is 11.4 Å². The largest absolute Gasteiger partial charge is 0.480 e. The van der Waals surface area contributed by atoms with E-state index in [1.165, 1.54) is 6.20 Å². The van der Waals surface area contributed by atoms with Crippen LogP contribution in [0.25, 0.3) is 0 Å². The second-order valence-corrected chi connectivity index (χ2v) is 6.13. The monoisotopic (exact) mass is 288 g/mol. The van der Waals surface area contributed by atoms with Crippen molar-refractivity contribution in [2.24, 2.45) is 0 Å². The second-order valence-electron chi connectivity index (χ2n) is 4.41. The van der Waals surface area contributed by atoms with E-state index < -0.39 is 16.0 Å². The van der Waals surface area contributed by atoms with E-state index in [1.807, 2.05) is 0 Å². The molecule has 0 bridgehead atoms. The van der Waals surface area contributed by atoms with E-state index in [9.17, 15) is 13.2 Å². The molecule has 0 spiro atoms. The number of aromatic nitrogens is 2. The van der Waals surface area contributed by atoms with Gasteiger partial charge in [-0.2, -0.15) is 5.10 Å². The van der Waals surface area contributed by atoms with Crippen molar-refractivity contribution in [3.05, 3.63) is 12.4 Å². The van der Waals surface area contributed by atoms with E-state index in [4.69, 9.17) is 5.11 Å². The van der Waals surface area contributed by atoms with Gasteiger partial charge in [0, 0.05) is 12.2 Å². The molecule has 9 heteroatoms. The average molecular weight is 288 g/mol. The first kappa shape index (κ1) is 14.0. The molecule has 0 aromatic carbocycles. The summed E-state index contributed by atoms with van der Waals surface area (Å²) in [6.07, 6.45) is 3.86. The molecule has 0 saturated carbocycles. The number of aliphatic carboxylic acids is 1. The van der Waals surface area contributed by atoms with Gasteiger partial charge < -0.3 is 10.4 Å². The SMILES string of the molecule is O=C(O)Cn1cc(S(=O)(=O)NC2CCNCC2)cn1. The molecule has 2 heterocycles. The summed E-state index contributed by atoms with van der Waals surface area (Å²) in [4.78, 5) is 10.5. The number of carbonyl (C=O) groups is 1. The average Bonchev–Trinajstić information content (AvgIpc) is 2.78. The Morgan fingerprint density at radius 1 is 1.53 bits per heavy atom. The molecule has 3 N–H and O–H groups in total. The highest BCUT2D eigenvalue weighted by atomic mass is 32.2. The van der Waals surface area contributed by atoms with Crippen molar-refractivity contribution in [3.8, 4) is 0 Å². The number of piperidine rings is 1. The minimum absolute atomic E-state index is 0.00715. The molecule has 1 aliphatic rings. The smallest absolute Gasteiger partial charge is 0.325 e. The molecule has 1 saturated heterocycles. The van der Waals surface area contributed by atoms with Gasteiger partial charge >= 0.3 is 5.97 Å². The highest BCUT2D eigenvalue weighted by Gasteiger charge is 2.23. The van der Waals surface area contributed by atoms with Crippen LogP contribution in [0.3, 0.4) is 0 Å². The minimum Gasteiger partial charge on any atom is -0.480 e. The van der Waals surface area contributed by atoms with Gasteiger partial charge in [-0.15, -0.1) is 0 Å². The van der Waals surface area contributed by atoms with Crippen molar-refractivity contribution in [2.45, 2.75) is 30.3 Å². The maximum Gasteiger partial charge on any atom is 0.325 e. The van der Waals surface area contributed by atoms with Crippen LogP contribution in [-0.2, 0) is 21.4 Å². The van der Waals surface area contributed by atoms with E-state index >= 15 is 0 Å². The fourth-order valence-corrected chi connectivity index (χ4v) is 3.19. The fraction of sp³-hybridized carbons (Fsp3) is 0.600. The Hall–Kier alpha value is -1.45. The number of carboxylic acid groups (broad SMARTS) is 1. The minimum atomic E-state index is -3.63. The molecule has 106 valence electrons. The van der Waals surface area contributed by atoms with E-state index in [0.29, 0.717) is 0 Å². The quantitative estimate of drug-likeness (QED) is 0.640. The molecule has 1 aromatic rings. The van der Waals surface area contributed by atoms with Gasteiger partial charge in [0.05, 0.1) is 6.20 Å². The summed E-state index contributed by atoms with van der Waals surface area (Å²) in [5.41, 5.74) is 0. The van der Waals surface area contributed by atoms with Gasteiger partial charge in [0.2, 0.25) is 10.0 Å². The number of nitrogens with one attached hydrogen (secondary N) is 2. The molecule has 1 aromatic heterocycles. The Labute approximate surface area is 110 Å². The molecule has 0 atom stereocenters. The lowest BCUT2D eigenvalue weighted by molar-refractivity contribution is -0.137. The fourth-order valence-electron chi connectivity index (χ4n) is 1.94. The molecule has 1 fully saturated rings. The lowest BCUT2D eigenvalue weighted by Crippen LogP contribution is -2.42. The van der Waals surface area contributed by atoms with Crippen LogP contribution >= 0.6 is 0 Å². The van der Waals surface area contributed by atoms with Crippen molar-refractivity contribution in [2.75, 3.05) is 13.1 Å².